The number of aliphatic hydroxyl groups is 1. The molecule has 3 aromatic carbocycles. The Hall–Kier alpha value is -2.79. The highest BCUT2D eigenvalue weighted by Crippen LogP contribution is 2.21. The summed E-state index contributed by atoms with van der Waals surface area (Å²) in [7, 11) is 0. The summed E-state index contributed by atoms with van der Waals surface area (Å²) in [5.41, 5.74) is 1.21. The van der Waals surface area contributed by atoms with Crippen molar-refractivity contribution in [3.05, 3.63) is 101 Å². The Morgan fingerprint density at radius 1 is 0.900 bits per heavy atom. The molecule has 4 nitrogen and oxygen atoms in total. The number of benzene rings is 3. The van der Waals surface area contributed by atoms with Crippen LogP contribution >= 0.6 is 11.6 Å². The second-order valence-electron chi connectivity index (χ2n) is 7.31. The van der Waals surface area contributed by atoms with E-state index >= 15 is 0 Å². The first-order valence-corrected chi connectivity index (χ1v) is 10.3. The SMILES string of the molecule is OC(COc1ccc(Cl)cc1)CN(Cc1ccco1)Cc1cccc2ccccc12. The third-order valence-electron chi connectivity index (χ3n) is 4.96. The summed E-state index contributed by atoms with van der Waals surface area (Å²) >= 11 is 5.91. The molecule has 0 aliphatic heterocycles. The molecule has 0 fully saturated rings. The van der Waals surface area contributed by atoms with Crippen LogP contribution in [-0.2, 0) is 13.1 Å². The van der Waals surface area contributed by atoms with Gasteiger partial charge in [0.1, 0.15) is 24.2 Å². The van der Waals surface area contributed by atoms with Crippen LogP contribution in [0, 0.1) is 0 Å². The van der Waals surface area contributed by atoms with E-state index in [0.29, 0.717) is 30.4 Å². The summed E-state index contributed by atoms with van der Waals surface area (Å²) in [4.78, 5) is 2.18. The quantitative estimate of drug-likeness (QED) is 0.386. The zero-order valence-corrected chi connectivity index (χ0v) is 17.3. The Kier molecular flexibility index (Phi) is 6.70. The lowest BCUT2D eigenvalue weighted by Crippen LogP contribution is -2.35. The largest absolute Gasteiger partial charge is 0.491 e. The highest BCUT2D eigenvalue weighted by molar-refractivity contribution is 6.30. The van der Waals surface area contributed by atoms with Gasteiger partial charge in [0.2, 0.25) is 0 Å². The highest BCUT2D eigenvalue weighted by atomic mass is 35.5. The predicted octanol–water partition coefficient (Wildman–Crippen LogP) is 5.53. The van der Waals surface area contributed by atoms with Crippen molar-refractivity contribution >= 4 is 22.4 Å². The van der Waals surface area contributed by atoms with Crippen molar-refractivity contribution in [2.45, 2.75) is 19.2 Å². The molecule has 1 atom stereocenters. The van der Waals surface area contributed by atoms with Crippen LogP contribution in [0.1, 0.15) is 11.3 Å². The van der Waals surface area contributed by atoms with Gasteiger partial charge in [-0.25, -0.2) is 0 Å². The maximum atomic E-state index is 10.6. The van der Waals surface area contributed by atoms with Crippen molar-refractivity contribution < 1.29 is 14.3 Å². The predicted molar refractivity (Wildman–Crippen MR) is 120 cm³/mol. The number of ether oxygens (including phenoxy) is 1. The van der Waals surface area contributed by atoms with Gasteiger partial charge in [0.25, 0.3) is 0 Å². The maximum absolute atomic E-state index is 10.6. The molecule has 30 heavy (non-hydrogen) atoms. The van der Waals surface area contributed by atoms with Gasteiger partial charge in [-0.05, 0) is 52.7 Å². The Morgan fingerprint density at radius 3 is 2.50 bits per heavy atom. The third kappa shape index (κ3) is 5.42. The standard InChI is InChI=1S/C25H24ClNO3/c26-21-10-12-23(13-11-21)30-18-22(28)16-27(17-24-8-4-14-29-24)15-20-7-3-6-19-5-1-2-9-25(19)20/h1-14,22,28H,15-18H2. The smallest absolute Gasteiger partial charge is 0.119 e. The molecule has 1 unspecified atom stereocenters. The van der Waals surface area contributed by atoms with E-state index in [4.69, 9.17) is 20.8 Å². The highest BCUT2D eigenvalue weighted by Gasteiger charge is 2.16. The average Bonchev–Trinajstić information content (AvgIpc) is 3.27. The number of hydrogen-bond donors (Lipinski definition) is 1. The summed E-state index contributed by atoms with van der Waals surface area (Å²) in [5.74, 6) is 1.55. The Morgan fingerprint density at radius 2 is 1.70 bits per heavy atom. The van der Waals surface area contributed by atoms with Crippen LogP contribution in [-0.4, -0.2) is 29.3 Å². The van der Waals surface area contributed by atoms with Gasteiger partial charge in [-0.1, -0.05) is 54.1 Å². The molecule has 0 saturated heterocycles. The van der Waals surface area contributed by atoms with Gasteiger partial charge in [0, 0.05) is 18.1 Å². The minimum absolute atomic E-state index is 0.200. The summed E-state index contributed by atoms with van der Waals surface area (Å²) in [5, 5.41) is 13.7. The lowest BCUT2D eigenvalue weighted by molar-refractivity contribution is 0.0606. The molecule has 0 aliphatic carbocycles. The molecule has 0 radical (unpaired) electrons. The average molecular weight is 422 g/mol. The van der Waals surface area contributed by atoms with Gasteiger partial charge in [0.05, 0.1) is 12.8 Å². The van der Waals surface area contributed by atoms with Gasteiger partial charge in [-0.15, -0.1) is 0 Å². The van der Waals surface area contributed by atoms with E-state index in [1.165, 1.54) is 16.3 Å². The molecule has 1 heterocycles. The van der Waals surface area contributed by atoms with Gasteiger partial charge in [0.15, 0.2) is 0 Å². The first kappa shape index (κ1) is 20.5. The Balaban J connectivity index is 1.45. The van der Waals surface area contributed by atoms with Gasteiger partial charge >= 0.3 is 0 Å². The van der Waals surface area contributed by atoms with E-state index in [0.717, 1.165) is 5.76 Å². The van der Waals surface area contributed by atoms with Crippen LogP contribution in [0.5, 0.6) is 5.75 Å². The fraction of sp³-hybridized carbons (Fsp3) is 0.200. The summed E-state index contributed by atoms with van der Waals surface area (Å²) < 4.78 is 11.3. The summed E-state index contributed by atoms with van der Waals surface area (Å²) in [6, 6.07) is 25.6. The molecule has 0 amide bonds. The molecule has 0 saturated carbocycles. The minimum atomic E-state index is -0.648. The monoisotopic (exact) mass is 421 g/mol. The van der Waals surface area contributed by atoms with Crippen molar-refractivity contribution in [1.82, 2.24) is 4.90 Å². The van der Waals surface area contributed by atoms with Gasteiger partial charge < -0.3 is 14.3 Å². The van der Waals surface area contributed by atoms with Crippen molar-refractivity contribution in [2.24, 2.45) is 0 Å². The molecule has 0 aliphatic rings. The van der Waals surface area contributed by atoms with Crippen molar-refractivity contribution in [2.75, 3.05) is 13.2 Å². The fourth-order valence-electron chi connectivity index (χ4n) is 3.55. The molecule has 0 bridgehead atoms. The number of hydrogen-bond acceptors (Lipinski definition) is 4. The first-order chi connectivity index (χ1) is 14.7. The Bertz CT molecular complexity index is 1060. The third-order valence-corrected chi connectivity index (χ3v) is 5.21. The van der Waals surface area contributed by atoms with E-state index in [-0.39, 0.29) is 6.61 Å². The lowest BCUT2D eigenvalue weighted by Gasteiger charge is -2.25. The second-order valence-corrected chi connectivity index (χ2v) is 7.74. The molecule has 1 N–H and O–H groups in total. The lowest BCUT2D eigenvalue weighted by atomic mass is 10.0. The normalized spacial score (nSPS) is 12.4. The molecule has 5 heteroatoms. The van der Waals surface area contributed by atoms with Gasteiger partial charge in [-0.3, -0.25) is 4.90 Å². The molecule has 0 spiro atoms. The van der Waals surface area contributed by atoms with Crippen LogP contribution in [0.15, 0.2) is 89.5 Å². The summed E-state index contributed by atoms with van der Waals surface area (Å²) in [6.07, 6.45) is 1.02. The van der Waals surface area contributed by atoms with Crippen LogP contribution in [0.4, 0.5) is 0 Å². The molecule has 154 valence electrons. The van der Waals surface area contributed by atoms with E-state index in [1.807, 2.05) is 18.2 Å². The fourth-order valence-corrected chi connectivity index (χ4v) is 3.68. The Labute approximate surface area is 181 Å². The number of fused-ring (bicyclic) bond motifs is 1. The first-order valence-electron chi connectivity index (χ1n) is 9.95. The minimum Gasteiger partial charge on any atom is -0.491 e. The van der Waals surface area contributed by atoms with E-state index in [2.05, 4.69) is 41.3 Å². The molecular weight excluding hydrogens is 398 g/mol. The van der Waals surface area contributed by atoms with Crippen LogP contribution < -0.4 is 4.74 Å². The van der Waals surface area contributed by atoms with E-state index in [1.54, 1.807) is 30.5 Å². The number of rotatable bonds is 9. The second kappa shape index (κ2) is 9.81. The number of furan rings is 1. The zero-order valence-electron chi connectivity index (χ0n) is 16.6. The van der Waals surface area contributed by atoms with E-state index in [9.17, 15) is 5.11 Å². The molecule has 1 aromatic heterocycles. The summed E-state index contributed by atoms with van der Waals surface area (Å²) in [6.45, 7) is 1.96. The van der Waals surface area contributed by atoms with Crippen LogP contribution in [0.2, 0.25) is 5.02 Å². The number of aliphatic hydroxyl groups excluding tert-OH is 1. The zero-order chi connectivity index (χ0) is 20.8. The molecule has 4 rings (SSSR count). The number of nitrogens with zero attached hydrogens (tertiary/aromatic N) is 1. The van der Waals surface area contributed by atoms with Crippen molar-refractivity contribution in [1.29, 1.82) is 0 Å². The van der Waals surface area contributed by atoms with E-state index < -0.39 is 6.10 Å². The van der Waals surface area contributed by atoms with Crippen LogP contribution in [0.25, 0.3) is 10.8 Å². The maximum Gasteiger partial charge on any atom is 0.119 e. The van der Waals surface area contributed by atoms with Crippen molar-refractivity contribution in [3.8, 4) is 5.75 Å². The molecular formula is C25H24ClNO3. The topological polar surface area (TPSA) is 45.8 Å². The molecule has 4 aromatic rings. The number of halogens is 1. The van der Waals surface area contributed by atoms with Crippen molar-refractivity contribution in [3.63, 3.8) is 0 Å². The van der Waals surface area contributed by atoms with Crippen LogP contribution in [0.3, 0.4) is 0 Å². The van der Waals surface area contributed by atoms with Gasteiger partial charge in [-0.2, -0.15) is 0 Å².